The summed E-state index contributed by atoms with van der Waals surface area (Å²) in [6.45, 7) is 0.204. The van der Waals surface area contributed by atoms with Crippen molar-refractivity contribution in [2.45, 2.75) is 11.4 Å². The molecule has 1 N–H and O–H groups in total. The SMILES string of the molecule is O=C(c1ccc(NS(=O)(=O)c2ccccc2)cc1)N(Cc1ccco1)c1nc2ccc(Br)cc2s1. The molecule has 0 unspecified atom stereocenters. The van der Waals surface area contributed by atoms with Crippen molar-refractivity contribution in [1.29, 1.82) is 0 Å². The second-order valence-electron chi connectivity index (χ2n) is 7.58. The Morgan fingerprint density at radius 1 is 1.00 bits per heavy atom. The number of hydrogen-bond acceptors (Lipinski definition) is 6. The van der Waals surface area contributed by atoms with E-state index < -0.39 is 10.0 Å². The number of benzene rings is 3. The molecule has 5 aromatic rings. The largest absolute Gasteiger partial charge is 0.467 e. The first kappa shape index (κ1) is 23.3. The Morgan fingerprint density at radius 3 is 2.49 bits per heavy atom. The van der Waals surface area contributed by atoms with Crippen LogP contribution in [0.3, 0.4) is 0 Å². The highest BCUT2D eigenvalue weighted by Crippen LogP contribution is 2.32. The molecule has 0 saturated heterocycles. The van der Waals surface area contributed by atoms with Crippen molar-refractivity contribution in [3.05, 3.63) is 107 Å². The quantitative estimate of drug-likeness (QED) is 0.249. The van der Waals surface area contributed by atoms with Gasteiger partial charge in [-0.15, -0.1) is 0 Å². The van der Waals surface area contributed by atoms with E-state index in [2.05, 4.69) is 25.6 Å². The number of hydrogen-bond donors (Lipinski definition) is 1. The third-order valence-electron chi connectivity index (χ3n) is 5.15. The molecule has 0 bridgehead atoms. The Labute approximate surface area is 214 Å². The van der Waals surface area contributed by atoms with Gasteiger partial charge in [0.2, 0.25) is 0 Å². The van der Waals surface area contributed by atoms with Crippen LogP contribution in [0.4, 0.5) is 10.8 Å². The predicted octanol–water partition coefficient (Wildman–Crippen LogP) is 6.30. The van der Waals surface area contributed by atoms with Crippen LogP contribution in [0.25, 0.3) is 10.2 Å². The number of aromatic nitrogens is 1. The summed E-state index contributed by atoms with van der Waals surface area (Å²) in [5.41, 5.74) is 1.53. The van der Waals surface area contributed by atoms with Gasteiger partial charge in [-0.25, -0.2) is 13.4 Å². The molecule has 7 nitrogen and oxygen atoms in total. The zero-order valence-electron chi connectivity index (χ0n) is 18.1. The molecule has 0 atom stereocenters. The molecule has 5 rings (SSSR count). The molecule has 2 aromatic heterocycles. The fourth-order valence-corrected chi connectivity index (χ4v) is 6.03. The molecule has 0 aliphatic heterocycles. The number of furan rings is 1. The molecule has 176 valence electrons. The number of thiazole rings is 1. The van der Waals surface area contributed by atoms with E-state index in [1.54, 1.807) is 65.8 Å². The van der Waals surface area contributed by atoms with Gasteiger partial charge in [0.1, 0.15) is 5.76 Å². The molecule has 0 radical (unpaired) electrons. The number of nitrogens with zero attached hydrogens (tertiary/aromatic N) is 2. The van der Waals surface area contributed by atoms with Gasteiger partial charge in [-0.2, -0.15) is 0 Å². The number of sulfonamides is 1. The van der Waals surface area contributed by atoms with E-state index in [-0.39, 0.29) is 17.3 Å². The lowest BCUT2D eigenvalue weighted by atomic mass is 10.2. The van der Waals surface area contributed by atoms with Crippen LogP contribution in [0.15, 0.2) is 105 Å². The van der Waals surface area contributed by atoms with Crippen LogP contribution in [0.1, 0.15) is 16.1 Å². The normalized spacial score (nSPS) is 11.5. The van der Waals surface area contributed by atoms with Crippen LogP contribution >= 0.6 is 27.3 Å². The van der Waals surface area contributed by atoms with Crippen LogP contribution in [0.2, 0.25) is 0 Å². The topological polar surface area (TPSA) is 92.5 Å². The molecule has 2 heterocycles. The Kier molecular flexibility index (Phi) is 6.42. The minimum absolute atomic E-state index is 0.159. The second-order valence-corrected chi connectivity index (χ2v) is 11.2. The zero-order chi connectivity index (χ0) is 24.4. The van der Waals surface area contributed by atoms with Crippen LogP contribution in [-0.4, -0.2) is 19.3 Å². The highest BCUT2D eigenvalue weighted by molar-refractivity contribution is 9.10. The highest BCUT2D eigenvalue weighted by Gasteiger charge is 2.23. The third-order valence-corrected chi connectivity index (χ3v) is 8.08. The minimum atomic E-state index is -3.73. The lowest BCUT2D eigenvalue weighted by Crippen LogP contribution is -2.30. The van der Waals surface area contributed by atoms with Crippen LogP contribution in [-0.2, 0) is 16.6 Å². The van der Waals surface area contributed by atoms with E-state index in [0.717, 1.165) is 14.7 Å². The molecule has 10 heteroatoms. The fraction of sp³-hybridized carbons (Fsp3) is 0.0400. The van der Waals surface area contributed by atoms with Crippen molar-refractivity contribution < 1.29 is 17.6 Å². The van der Waals surface area contributed by atoms with Gasteiger partial charge in [-0.05, 0) is 66.7 Å². The Balaban J connectivity index is 1.43. The highest BCUT2D eigenvalue weighted by atomic mass is 79.9. The number of amides is 1. The lowest BCUT2D eigenvalue weighted by molar-refractivity contribution is 0.0983. The van der Waals surface area contributed by atoms with Crippen molar-refractivity contribution in [2.75, 3.05) is 9.62 Å². The van der Waals surface area contributed by atoms with Gasteiger partial charge in [0.25, 0.3) is 15.9 Å². The van der Waals surface area contributed by atoms with Gasteiger partial charge < -0.3 is 4.42 Å². The third kappa shape index (κ3) is 5.14. The molecule has 0 aliphatic carbocycles. The van der Waals surface area contributed by atoms with Gasteiger partial charge in [-0.3, -0.25) is 14.4 Å². The van der Waals surface area contributed by atoms with Crippen LogP contribution in [0.5, 0.6) is 0 Å². The Morgan fingerprint density at radius 2 is 1.77 bits per heavy atom. The van der Waals surface area contributed by atoms with Gasteiger partial charge in [-0.1, -0.05) is 45.5 Å². The molecular formula is C25H18BrN3O4S2. The summed E-state index contributed by atoms with van der Waals surface area (Å²) in [4.78, 5) is 19.9. The van der Waals surface area contributed by atoms with E-state index in [0.29, 0.717) is 22.1 Å². The number of rotatable bonds is 7. The molecule has 35 heavy (non-hydrogen) atoms. The summed E-state index contributed by atoms with van der Waals surface area (Å²) >= 11 is 4.87. The molecular weight excluding hydrogens is 550 g/mol. The molecule has 0 fully saturated rings. The first-order chi connectivity index (χ1) is 16.9. The monoisotopic (exact) mass is 567 g/mol. The fourth-order valence-electron chi connectivity index (χ4n) is 3.44. The number of halogens is 1. The summed E-state index contributed by atoms with van der Waals surface area (Å²) in [6, 6.07) is 23.7. The van der Waals surface area contributed by atoms with Crippen molar-refractivity contribution in [3.63, 3.8) is 0 Å². The predicted molar refractivity (Wildman–Crippen MR) is 140 cm³/mol. The number of carbonyl (C=O) groups excluding carboxylic acids is 1. The second kappa shape index (κ2) is 9.65. The van der Waals surface area contributed by atoms with Crippen LogP contribution < -0.4 is 9.62 Å². The molecule has 0 spiro atoms. The average molecular weight is 568 g/mol. The van der Waals surface area contributed by atoms with E-state index in [4.69, 9.17) is 4.42 Å². The number of anilines is 2. The number of nitrogens with one attached hydrogen (secondary N) is 1. The van der Waals surface area contributed by atoms with E-state index in [1.807, 2.05) is 18.2 Å². The Hall–Kier alpha value is -3.47. The smallest absolute Gasteiger partial charge is 0.261 e. The average Bonchev–Trinajstić information content (AvgIpc) is 3.52. The summed E-state index contributed by atoms with van der Waals surface area (Å²) in [7, 11) is -3.73. The molecule has 0 saturated carbocycles. The van der Waals surface area contributed by atoms with Gasteiger partial charge in [0, 0.05) is 15.7 Å². The van der Waals surface area contributed by atoms with E-state index in [1.165, 1.54) is 23.5 Å². The first-order valence-electron chi connectivity index (χ1n) is 10.5. The summed E-state index contributed by atoms with van der Waals surface area (Å²) in [5.74, 6) is 0.336. The lowest BCUT2D eigenvalue weighted by Gasteiger charge is -2.19. The number of fused-ring (bicyclic) bond motifs is 1. The van der Waals surface area contributed by atoms with Gasteiger partial charge in [0.05, 0.1) is 27.9 Å². The maximum Gasteiger partial charge on any atom is 0.261 e. The molecule has 0 aliphatic rings. The number of carbonyl (C=O) groups is 1. The molecule has 1 amide bonds. The Bertz CT molecular complexity index is 1580. The maximum absolute atomic E-state index is 13.5. The van der Waals surface area contributed by atoms with Gasteiger partial charge >= 0.3 is 0 Å². The zero-order valence-corrected chi connectivity index (χ0v) is 21.3. The van der Waals surface area contributed by atoms with E-state index in [9.17, 15) is 13.2 Å². The van der Waals surface area contributed by atoms with Crippen LogP contribution in [0, 0.1) is 0 Å². The maximum atomic E-state index is 13.5. The molecule has 3 aromatic carbocycles. The standard InChI is InChI=1S/C25H18BrN3O4S2/c26-18-10-13-22-23(15-18)34-25(27-22)29(16-20-5-4-14-33-20)24(30)17-8-11-19(12-9-17)28-35(31,32)21-6-2-1-3-7-21/h1-15,28H,16H2. The summed E-state index contributed by atoms with van der Waals surface area (Å²) < 4.78 is 35.1. The van der Waals surface area contributed by atoms with Gasteiger partial charge in [0.15, 0.2) is 5.13 Å². The van der Waals surface area contributed by atoms with E-state index >= 15 is 0 Å². The summed E-state index contributed by atoms with van der Waals surface area (Å²) in [6.07, 6.45) is 1.56. The summed E-state index contributed by atoms with van der Waals surface area (Å²) in [5, 5.41) is 0.536. The van der Waals surface area contributed by atoms with Crippen molar-refractivity contribution in [3.8, 4) is 0 Å². The first-order valence-corrected chi connectivity index (χ1v) is 13.6. The van der Waals surface area contributed by atoms with Crippen molar-refractivity contribution >= 4 is 64.2 Å². The van der Waals surface area contributed by atoms with Crippen molar-refractivity contribution in [1.82, 2.24) is 4.98 Å². The minimum Gasteiger partial charge on any atom is -0.467 e. The van der Waals surface area contributed by atoms with Crippen molar-refractivity contribution in [2.24, 2.45) is 0 Å².